The van der Waals surface area contributed by atoms with Crippen LogP contribution in [0.1, 0.15) is 37.3 Å². The van der Waals surface area contributed by atoms with Crippen LogP contribution in [-0.2, 0) is 15.1 Å². The van der Waals surface area contributed by atoms with E-state index in [2.05, 4.69) is 18.8 Å². The molecule has 2 aromatic carbocycles. The van der Waals surface area contributed by atoms with Gasteiger partial charge in [-0.15, -0.1) is 0 Å². The van der Waals surface area contributed by atoms with Crippen molar-refractivity contribution in [3.05, 3.63) is 71.8 Å². The summed E-state index contributed by atoms with van der Waals surface area (Å²) in [6.07, 6.45) is 2.77. The number of carbonyl (C=O) groups excluding carboxylic acids is 1. The van der Waals surface area contributed by atoms with Gasteiger partial charge in [-0.1, -0.05) is 73.5 Å². The predicted octanol–water partition coefficient (Wildman–Crippen LogP) is 3.49. The van der Waals surface area contributed by atoms with Crippen LogP contribution >= 0.6 is 0 Å². The number of hydrogen-bond donors (Lipinski definition) is 1. The molecule has 2 bridgehead atoms. The van der Waals surface area contributed by atoms with E-state index < -0.39 is 11.6 Å². The van der Waals surface area contributed by atoms with Crippen LogP contribution < -0.4 is 0 Å². The molecular weight excluding hydrogens is 374 g/mol. The van der Waals surface area contributed by atoms with E-state index in [1.165, 1.54) is 0 Å². The monoisotopic (exact) mass is 404 g/mol. The summed E-state index contributed by atoms with van der Waals surface area (Å²) >= 11 is 0. The van der Waals surface area contributed by atoms with Crippen molar-refractivity contribution >= 4 is 5.97 Å². The zero-order valence-corrected chi connectivity index (χ0v) is 17.6. The fourth-order valence-electron chi connectivity index (χ4n) is 4.91. The van der Waals surface area contributed by atoms with Gasteiger partial charge in [-0.25, -0.2) is 4.79 Å². The molecule has 4 nitrogen and oxygen atoms in total. The number of aliphatic hydroxyl groups is 1. The third kappa shape index (κ3) is 3.88. The number of nitrogens with zero attached hydrogens (tertiary/aromatic N) is 1. The molecule has 3 aliphatic rings. The Hall–Kier alpha value is -2.61. The lowest BCUT2D eigenvalue weighted by molar-refractivity contribution is -0.939. The van der Waals surface area contributed by atoms with Crippen LogP contribution in [0, 0.1) is 17.8 Å². The van der Waals surface area contributed by atoms with Crippen molar-refractivity contribution in [1.29, 1.82) is 0 Å². The number of ether oxygens (including phenoxy) is 1. The van der Waals surface area contributed by atoms with E-state index >= 15 is 0 Å². The van der Waals surface area contributed by atoms with Gasteiger partial charge in [0.25, 0.3) is 0 Å². The topological polar surface area (TPSA) is 46.5 Å². The van der Waals surface area contributed by atoms with Crippen LogP contribution in [0.3, 0.4) is 0 Å². The van der Waals surface area contributed by atoms with E-state index in [4.69, 9.17) is 4.74 Å². The molecule has 0 unspecified atom stereocenters. The number of quaternary nitrogens is 1. The second kappa shape index (κ2) is 8.63. The largest absolute Gasteiger partial charge is 0.453 e. The first kappa shape index (κ1) is 20.7. The van der Waals surface area contributed by atoms with Gasteiger partial charge in [-0.3, -0.25) is 0 Å². The third-order valence-electron chi connectivity index (χ3n) is 6.69. The van der Waals surface area contributed by atoms with E-state index in [-0.39, 0.29) is 6.10 Å². The SMILES string of the molecule is CCC#CC[N+]12CCC(CC1)[C@@H](OC(=O)C(O)(c1ccccc1)c1ccccc1)C2. The Balaban J connectivity index is 1.59. The molecule has 5 rings (SSSR count). The minimum atomic E-state index is -1.82. The molecule has 3 saturated heterocycles. The third-order valence-corrected chi connectivity index (χ3v) is 6.69. The molecule has 3 fully saturated rings. The lowest BCUT2D eigenvalue weighted by Gasteiger charge is -2.51. The number of esters is 1. The molecule has 3 aliphatic heterocycles. The maximum Gasteiger partial charge on any atom is 0.348 e. The van der Waals surface area contributed by atoms with E-state index in [0.29, 0.717) is 17.0 Å². The molecular formula is C26H30NO3+. The number of fused-ring (bicyclic) bond motifs is 3. The molecule has 1 N–H and O–H groups in total. The average molecular weight is 405 g/mol. The van der Waals surface area contributed by atoms with Crippen molar-refractivity contribution in [1.82, 2.24) is 0 Å². The lowest BCUT2D eigenvalue weighted by Crippen LogP contribution is -2.65. The van der Waals surface area contributed by atoms with Gasteiger partial charge < -0.3 is 14.3 Å². The second-order valence-corrected chi connectivity index (χ2v) is 8.56. The Labute approximate surface area is 179 Å². The number of benzene rings is 2. The summed E-state index contributed by atoms with van der Waals surface area (Å²) in [4.78, 5) is 13.5. The zero-order chi connectivity index (χ0) is 21.0. The van der Waals surface area contributed by atoms with Crippen molar-refractivity contribution in [3.8, 4) is 11.8 Å². The van der Waals surface area contributed by atoms with Crippen LogP contribution in [0.25, 0.3) is 0 Å². The Morgan fingerprint density at radius 1 is 1.03 bits per heavy atom. The Morgan fingerprint density at radius 3 is 2.13 bits per heavy atom. The van der Waals surface area contributed by atoms with Gasteiger partial charge >= 0.3 is 5.97 Å². The quantitative estimate of drug-likeness (QED) is 0.471. The Bertz CT molecular complexity index is 882. The van der Waals surface area contributed by atoms with E-state index in [9.17, 15) is 9.90 Å². The van der Waals surface area contributed by atoms with E-state index in [1.54, 1.807) is 24.3 Å². The standard InChI is InChI=1S/C26H30NO3/c1-2-3-10-17-27-18-15-21(16-19-27)24(20-27)30-25(28)26(29,22-11-6-4-7-12-22)23-13-8-5-9-14-23/h4-9,11-14,21,24,29H,2,15-20H2,1H3/q+1/t21?,24-,27?/m0/s1. The maximum atomic E-state index is 13.5. The summed E-state index contributed by atoms with van der Waals surface area (Å²) < 4.78 is 6.98. The molecule has 30 heavy (non-hydrogen) atoms. The molecule has 156 valence electrons. The number of rotatable bonds is 5. The first-order valence-corrected chi connectivity index (χ1v) is 10.9. The molecule has 3 heterocycles. The van der Waals surface area contributed by atoms with E-state index in [0.717, 1.165) is 49.9 Å². The summed E-state index contributed by atoms with van der Waals surface area (Å²) in [6, 6.07) is 18.2. The first-order valence-electron chi connectivity index (χ1n) is 10.9. The number of carbonyl (C=O) groups is 1. The minimum Gasteiger partial charge on any atom is -0.453 e. The normalized spacial score (nSPS) is 25.3. The highest BCUT2D eigenvalue weighted by atomic mass is 16.6. The molecule has 0 radical (unpaired) electrons. The average Bonchev–Trinajstić information content (AvgIpc) is 2.80. The number of piperidine rings is 3. The molecule has 2 aromatic rings. The first-order chi connectivity index (χ1) is 14.6. The lowest BCUT2D eigenvalue weighted by atomic mass is 9.82. The molecule has 0 saturated carbocycles. The molecule has 0 aromatic heterocycles. The predicted molar refractivity (Wildman–Crippen MR) is 116 cm³/mol. The highest BCUT2D eigenvalue weighted by molar-refractivity contribution is 5.85. The van der Waals surface area contributed by atoms with Crippen molar-refractivity contribution in [3.63, 3.8) is 0 Å². The summed E-state index contributed by atoms with van der Waals surface area (Å²) in [6.45, 7) is 5.86. The molecule has 0 amide bonds. The van der Waals surface area contributed by atoms with Gasteiger partial charge in [0, 0.05) is 25.2 Å². The Morgan fingerprint density at radius 2 is 1.60 bits per heavy atom. The van der Waals surface area contributed by atoms with Crippen molar-refractivity contribution in [2.24, 2.45) is 5.92 Å². The van der Waals surface area contributed by atoms with Crippen LogP contribution in [0.4, 0.5) is 0 Å². The van der Waals surface area contributed by atoms with Crippen molar-refractivity contribution < 1.29 is 19.1 Å². The van der Waals surface area contributed by atoms with Crippen LogP contribution in [-0.4, -0.2) is 47.8 Å². The highest BCUT2D eigenvalue weighted by Crippen LogP contribution is 2.38. The summed E-state index contributed by atoms with van der Waals surface area (Å²) in [5, 5.41) is 11.7. The fourth-order valence-corrected chi connectivity index (χ4v) is 4.91. The van der Waals surface area contributed by atoms with Gasteiger partial charge in [-0.05, 0) is 17.0 Å². The smallest absolute Gasteiger partial charge is 0.348 e. The van der Waals surface area contributed by atoms with Gasteiger partial charge in [-0.2, -0.15) is 0 Å². The van der Waals surface area contributed by atoms with Crippen molar-refractivity contribution in [2.75, 3.05) is 26.2 Å². The Kier molecular flexibility index (Phi) is 5.94. The highest BCUT2D eigenvalue weighted by Gasteiger charge is 2.50. The fraction of sp³-hybridized carbons (Fsp3) is 0.423. The van der Waals surface area contributed by atoms with Crippen LogP contribution in [0.15, 0.2) is 60.7 Å². The molecule has 0 aliphatic carbocycles. The number of hydrogen-bond acceptors (Lipinski definition) is 3. The maximum absolute atomic E-state index is 13.5. The molecule has 0 spiro atoms. The minimum absolute atomic E-state index is 0.178. The van der Waals surface area contributed by atoms with Gasteiger partial charge in [0.2, 0.25) is 5.60 Å². The second-order valence-electron chi connectivity index (χ2n) is 8.56. The van der Waals surface area contributed by atoms with Gasteiger partial charge in [0.1, 0.15) is 13.1 Å². The zero-order valence-electron chi connectivity index (χ0n) is 17.6. The molecule has 1 atom stereocenters. The summed E-state index contributed by atoms with van der Waals surface area (Å²) in [7, 11) is 0. The summed E-state index contributed by atoms with van der Waals surface area (Å²) in [5.74, 6) is 6.27. The van der Waals surface area contributed by atoms with E-state index in [1.807, 2.05) is 36.4 Å². The van der Waals surface area contributed by atoms with Gasteiger partial charge in [0.05, 0.1) is 13.1 Å². The van der Waals surface area contributed by atoms with Crippen LogP contribution in [0.2, 0.25) is 0 Å². The summed E-state index contributed by atoms with van der Waals surface area (Å²) in [5.41, 5.74) is -0.762. The van der Waals surface area contributed by atoms with Crippen LogP contribution in [0.5, 0.6) is 0 Å². The van der Waals surface area contributed by atoms with Gasteiger partial charge in [0.15, 0.2) is 6.10 Å². The van der Waals surface area contributed by atoms with Crippen molar-refractivity contribution in [2.45, 2.75) is 37.9 Å². The molecule has 4 heteroatoms.